The van der Waals surface area contributed by atoms with Gasteiger partial charge in [0.25, 0.3) is 0 Å². The Bertz CT molecular complexity index is 354. The lowest BCUT2D eigenvalue weighted by atomic mass is 10.0. The predicted octanol–water partition coefficient (Wildman–Crippen LogP) is 1.78. The quantitative estimate of drug-likeness (QED) is 0.847. The fourth-order valence-electron chi connectivity index (χ4n) is 1.73. The first-order valence-electron chi connectivity index (χ1n) is 5.59. The van der Waals surface area contributed by atoms with Crippen LogP contribution >= 0.6 is 0 Å². The van der Waals surface area contributed by atoms with Crippen molar-refractivity contribution in [1.29, 1.82) is 0 Å². The molecule has 0 saturated carbocycles. The first-order chi connectivity index (χ1) is 7.54. The maximum atomic E-state index is 9.58. The molecule has 0 radical (unpaired) electrons. The van der Waals surface area contributed by atoms with Gasteiger partial charge in [-0.2, -0.15) is 0 Å². The topological polar surface area (TPSA) is 38.7 Å². The zero-order valence-corrected chi connectivity index (χ0v) is 9.77. The lowest BCUT2D eigenvalue weighted by molar-refractivity contribution is -0.0677. The summed E-state index contributed by atoms with van der Waals surface area (Å²) < 4.78 is 11.2. The van der Waals surface area contributed by atoms with Gasteiger partial charge in [-0.1, -0.05) is 18.2 Å². The summed E-state index contributed by atoms with van der Waals surface area (Å²) in [5.41, 5.74) is 0.395. The Kier molecular flexibility index (Phi) is 3.17. The van der Waals surface area contributed by atoms with E-state index in [2.05, 4.69) is 6.07 Å². The standard InChI is InChI=1S/C13H18O3/c1-13(2,14)9-16-11-7-10-5-3-4-6-12(10)15-8-11/h3-6,11,14H,7-9H2,1-2H3. The van der Waals surface area contributed by atoms with Crippen molar-refractivity contribution in [1.82, 2.24) is 0 Å². The molecule has 0 saturated heterocycles. The average Bonchev–Trinajstić information content (AvgIpc) is 2.25. The second-order valence-electron chi connectivity index (χ2n) is 4.87. The molecule has 1 aromatic carbocycles. The molecule has 1 atom stereocenters. The SMILES string of the molecule is CC(C)(O)COC1COc2ccccc2C1. The van der Waals surface area contributed by atoms with E-state index in [0.29, 0.717) is 13.2 Å². The first kappa shape index (κ1) is 11.4. The average molecular weight is 222 g/mol. The molecule has 16 heavy (non-hydrogen) atoms. The summed E-state index contributed by atoms with van der Waals surface area (Å²) in [7, 11) is 0. The Balaban J connectivity index is 1.93. The van der Waals surface area contributed by atoms with Crippen molar-refractivity contribution < 1.29 is 14.6 Å². The molecule has 3 heteroatoms. The summed E-state index contributed by atoms with van der Waals surface area (Å²) in [6.07, 6.45) is 0.896. The molecule has 88 valence electrons. The van der Waals surface area contributed by atoms with E-state index < -0.39 is 5.60 Å². The zero-order chi connectivity index (χ0) is 11.6. The molecule has 1 aliphatic rings. The highest BCUT2D eigenvalue weighted by atomic mass is 16.5. The largest absolute Gasteiger partial charge is 0.491 e. The fraction of sp³-hybridized carbons (Fsp3) is 0.538. The number of ether oxygens (including phenoxy) is 2. The summed E-state index contributed by atoms with van der Waals surface area (Å²) in [6, 6.07) is 7.99. The second-order valence-corrected chi connectivity index (χ2v) is 4.87. The molecule has 1 aromatic rings. The van der Waals surface area contributed by atoms with Crippen LogP contribution in [-0.2, 0) is 11.2 Å². The minimum atomic E-state index is -0.781. The van der Waals surface area contributed by atoms with E-state index in [1.165, 1.54) is 5.56 Å². The van der Waals surface area contributed by atoms with E-state index in [9.17, 15) is 5.11 Å². The molecule has 1 aliphatic heterocycles. The van der Waals surface area contributed by atoms with Crippen LogP contribution in [-0.4, -0.2) is 30.0 Å². The van der Waals surface area contributed by atoms with Crippen molar-refractivity contribution in [2.75, 3.05) is 13.2 Å². The van der Waals surface area contributed by atoms with E-state index in [0.717, 1.165) is 12.2 Å². The Morgan fingerprint density at radius 2 is 2.19 bits per heavy atom. The van der Waals surface area contributed by atoms with Crippen molar-refractivity contribution in [2.45, 2.75) is 32.0 Å². The van der Waals surface area contributed by atoms with Gasteiger partial charge in [-0.3, -0.25) is 0 Å². The van der Waals surface area contributed by atoms with Crippen LogP contribution in [0.1, 0.15) is 19.4 Å². The molecule has 0 bridgehead atoms. The van der Waals surface area contributed by atoms with Gasteiger partial charge in [0.2, 0.25) is 0 Å². The molecule has 0 amide bonds. The molecule has 3 nitrogen and oxygen atoms in total. The molecular formula is C13H18O3. The molecule has 0 aliphatic carbocycles. The number of rotatable bonds is 3. The lowest BCUT2D eigenvalue weighted by Crippen LogP contribution is -2.35. The van der Waals surface area contributed by atoms with Crippen LogP contribution in [0.15, 0.2) is 24.3 Å². The van der Waals surface area contributed by atoms with Gasteiger partial charge in [0.15, 0.2) is 0 Å². The van der Waals surface area contributed by atoms with Crippen molar-refractivity contribution in [2.24, 2.45) is 0 Å². The molecule has 1 unspecified atom stereocenters. The summed E-state index contributed by atoms with van der Waals surface area (Å²) in [6.45, 7) is 4.38. The van der Waals surface area contributed by atoms with E-state index in [1.54, 1.807) is 13.8 Å². The van der Waals surface area contributed by atoms with Crippen LogP contribution in [0.4, 0.5) is 0 Å². The van der Waals surface area contributed by atoms with Crippen molar-refractivity contribution in [3.05, 3.63) is 29.8 Å². The predicted molar refractivity (Wildman–Crippen MR) is 61.7 cm³/mol. The van der Waals surface area contributed by atoms with Gasteiger partial charge in [-0.15, -0.1) is 0 Å². The number of benzene rings is 1. The smallest absolute Gasteiger partial charge is 0.122 e. The summed E-state index contributed by atoms with van der Waals surface area (Å²) in [5, 5.41) is 9.58. The van der Waals surface area contributed by atoms with E-state index in [1.807, 2.05) is 18.2 Å². The lowest BCUT2D eigenvalue weighted by Gasteiger charge is -2.27. The molecule has 0 fully saturated rings. The van der Waals surface area contributed by atoms with Gasteiger partial charge in [-0.25, -0.2) is 0 Å². The van der Waals surface area contributed by atoms with E-state index in [4.69, 9.17) is 9.47 Å². The number of fused-ring (bicyclic) bond motifs is 1. The summed E-state index contributed by atoms with van der Waals surface area (Å²) >= 11 is 0. The highest BCUT2D eigenvalue weighted by Crippen LogP contribution is 2.25. The van der Waals surface area contributed by atoms with Gasteiger partial charge in [-0.05, 0) is 25.5 Å². The van der Waals surface area contributed by atoms with Crippen LogP contribution in [0.2, 0.25) is 0 Å². The summed E-state index contributed by atoms with van der Waals surface area (Å²) in [5.74, 6) is 0.950. The minimum absolute atomic E-state index is 0.0429. The second kappa shape index (κ2) is 4.44. The van der Waals surface area contributed by atoms with Crippen molar-refractivity contribution in [3.8, 4) is 5.75 Å². The Morgan fingerprint density at radius 1 is 1.44 bits per heavy atom. The molecule has 0 spiro atoms. The van der Waals surface area contributed by atoms with Crippen LogP contribution in [0.3, 0.4) is 0 Å². The van der Waals surface area contributed by atoms with Crippen LogP contribution in [0.25, 0.3) is 0 Å². The van der Waals surface area contributed by atoms with Crippen LogP contribution < -0.4 is 4.74 Å². The molecule has 1 heterocycles. The van der Waals surface area contributed by atoms with Gasteiger partial charge < -0.3 is 14.6 Å². The fourth-order valence-corrected chi connectivity index (χ4v) is 1.73. The monoisotopic (exact) mass is 222 g/mol. The minimum Gasteiger partial charge on any atom is -0.491 e. The molecule has 2 rings (SSSR count). The van der Waals surface area contributed by atoms with Gasteiger partial charge in [0.05, 0.1) is 18.3 Å². The Hall–Kier alpha value is -1.06. The highest BCUT2D eigenvalue weighted by Gasteiger charge is 2.22. The Labute approximate surface area is 96.0 Å². The van der Waals surface area contributed by atoms with Crippen molar-refractivity contribution >= 4 is 0 Å². The maximum absolute atomic E-state index is 9.58. The summed E-state index contributed by atoms with van der Waals surface area (Å²) in [4.78, 5) is 0. The third kappa shape index (κ3) is 2.97. The first-order valence-corrected chi connectivity index (χ1v) is 5.59. The van der Waals surface area contributed by atoms with Crippen LogP contribution in [0.5, 0.6) is 5.75 Å². The van der Waals surface area contributed by atoms with Crippen molar-refractivity contribution in [3.63, 3.8) is 0 Å². The number of hydrogen-bond donors (Lipinski definition) is 1. The number of para-hydroxylation sites is 1. The number of aliphatic hydroxyl groups is 1. The number of hydrogen-bond acceptors (Lipinski definition) is 3. The van der Waals surface area contributed by atoms with Gasteiger partial charge in [0.1, 0.15) is 12.4 Å². The Morgan fingerprint density at radius 3 is 2.94 bits per heavy atom. The third-order valence-electron chi connectivity index (χ3n) is 2.52. The molecule has 1 N–H and O–H groups in total. The van der Waals surface area contributed by atoms with Gasteiger partial charge in [0, 0.05) is 6.42 Å². The zero-order valence-electron chi connectivity index (χ0n) is 9.77. The normalized spacial score (nSPS) is 20.1. The van der Waals surface area contributed by atoms with E-state index in [-0.39, 0.29) is 6.10 Å². The van der Waals surface area contributed by atoms with E-state index >= 15 is 0 Å². The molecular weight excluding hydrogens is 204 g/mol. The van der Waals surface area contributed by atoms with Crippen LogP contribution in [0, 0.1) is 0 Å². The maximum Gasteiger partial charge on any atom is 0.122 e. The third-order valence-corrected chi connectivity index (χ3v) is 2.52. The highest BCUT2D eigenvalue weighted by molar-refractivity contribution is 5.35. The molecule has 0 aromatic heterocycles. The van der Waals surface area contributed by atoms with Gasteiger partial charge >= 0.3 is 0 Å².